The maximum absolute atomic E-state index is 4.73. The number of rotatable bonds is 4. The lowest BCUT2D eigenvalue weighted by molar-refractivity contribution is 0.150. The minimum atomic E-state index is 1.04. The van der Waals surface area contributed by atoms with E-state index in [4.69, 9.17) is 4.98 Å². The van der Waals surface area contributed by atoms with Crippen LogP contribution < -0.4 is 10.2 Å². The molecule has 1 aromatic carbocycles. The number of nitrogens with zero attached hydrogens (tertiary/aromatic N) is 4. The molecule has 28 heavy (non-hydrogen) atoms. The van der Waals surface area contributed by atoms with Gasteiger partial charge in [0.1, 0.15) is 11.6 Å². The summed E-state index contributed by atoms with van der Waals surface area (Å²) in [5, 5.41) is 3.34. The molecule has 0 saturated carbocycles. The number of fused-ring (bicyclic) bond motifs is 1. The fourth-order valence-corrected chi connectivity index (χ4v) is 4.32. The Morgan fingerprint density at radius 3 is 2.57 bits per heavy atom. The van der Waals surface area contributed by atoms with Gasteiger partial charge in [0.15, 0.2) is 0 Å². The molecular formula is C23H31N5. The Hall–Kier alpha value is -2.53. The second kappa shape index (κ2) is 8.65. The van der Waals surface area contributed by atoms with Gasteiger partial charge in [-0.15, -0.1) is 0 Å². The highest BCUT2D eigenvalue weighted by molar-refractivity contribution is 5.64. The van der Waals surface area contributed by atoms with Crippen LogP contribution in [0.1, 0.15) is 24.0 Å². The number of hydrogen-bond acceptors (Lipinski definition) is 5. The molecule has 0 atom stereocenters. The summed E-state index contributed by atoms with van der Waals surface area (Å²) in [6, 6.07) is 12.9. The van der Waals surface area contributed by atoms with E-state index in [9.17, 15) is 0 Å². The van der Waals surface area contributed by atoms with Crippen molar-refractivity contribution < 1.29 is 0 Å². The molecule has 3 heterocycles. The molecule has 0 amide bonds. The van der Waals surface area contributed by atoms with Crippen LogP contribution in [0, 0.1) is 0 Å². The van der Waals surface area contributed by atoms with Crippen LogP contribution in [0.5, 0.6) is 0 Å². The maximum Gasteiger partial charge on any atom is 0.139 e. The van der Waals surface area contributed by atoms with Crippen LogP contribution in [0.2, 0.25) is 0 Å². The van der Waals surface area contributed by atoms with Gasteiger partial charge >= 0.3 is 0 Å². The number of piperazine rings is 1. The van der Waals surface area contributed by atoms with Crippen molar-refractivity contribution in [3.63, 3.8) is 0 Å². The average molecular weight is 378 g/mol. The third-order valence-electron chi connectivity index (χ3n) is 5.87. The first kappa shape index (κ1) is 18.8. The zero-order valence-electron chi connectivity index (χ0n) is 17.1. The summed E-state index contributed by atoms with van der Waals surface area (Å²) in [6.07, 6.45) is 7.67. The molecule has 2 aliphatic heterocycles. The monoisotopic (exact) mass is 377 g/mol. The summed E-state index contributed by atoms with van der Waals surface area (Å²) < 4.78 is 0. The second-order valence-corrected chi connectivity index (χ2v) is 7.67. The van der Waals surface area contributed by atoms with Crippen molar-refractivity contribution in [3.05, 3.63) is 65.6 Å². The number of hydrogen-bond donors (Lipinski definition) is 1. The van der Waals surface area contributed by atoms with E-state index in [0.29, 0.717) is 0 Å². The van der Waals surface area contributed by atoms with Crippen LogP contribution in [0.25, 0.3) is 0 Å². The maximum atomic E-state index is 4.73. The minimum absolute atomic E-state index is 1.04. The van der Waals surface area contributed by atoms with Gasteiger partial charge < -0.3 is 15.1 Å². The summed E-state index contributed by atoms with van der Waals surface area (Å²) in [5.41, 5.74) is 3.93. The molecule has 0 radical (unpaired) electrons. The fourth-order valence-electron chi connectivity index (χ4n) is 4.32. The van der Waals surface area contributed by atoms with Crippen molar-refractivity contribution in [2.45, 2.75) is 25.8 Å². The van der Waals surface area contributed by atoms with Crippen molar-refractivity contribution >= 4 is 11.5 Å². The third-order valence-corrected chi connectivity index (χ3v) is 5.87. The Balaban J connectivity index is 1.46. The first-order valence-electron chi connectivity index (χ1n) is 10.4. The standard InChI is InChI=1S/C23H31N5/c1-24-21-12-13-25-23-20(21)10-6-7-11-22(26(23)2)28-16-14-27(15-17-28)18-19-8-4-3-5-9-19/h3-5,8-9,11-13H,6-7,10,14-18H2,1-2H3,(H,24,25)/b22-11-. The fraction of sp³-hybridized carbons (Fsp3) is 0.435. The normalized spacial score (nSPS) is 20.0. The SMILES string of the molecule is CNc1ccnc2c1CCC/C=C(\N1CCN(Cc3ccccc3)CC1)N2C. The van der Waals surface area contributed by atoms with Gasteiger partial charge in [0.2, 0.25) is 0 Å². The molecule has 0 aliphatic carbocycles. The van der Waals surface area contributed by atoms with Gasteiger partial charge in [-0.1, -0.05) is 30.3 Å². The number of anilines is 2. The molecule has 1 N–H and O–H groups in total. The van der Waals surface area contributed by atoms with Gasteiger partial charge in [-0.25, -0.2) is 4.98 Å². The smallest absolute Gasteiger partial charge is 0.139 e. The minimum Gasteiger partial charge on any atom is -0.388 e. The van der Waals surface area contributed by atoms with E-state index in [1.54, 1.807) is 0 Å². The molecule has 1 saturated heterocycles. The van der Waals surface area contributed by atoms with Gasteiger partial charge in [-0.3, -0.25) is 4.90 Å². The Morgan fingerprint density at radius 2 is 1.82 bits per heavy atom. The van der Waals surface area contributed by atoms with Crippen LogP contribution in [-0.4, -0.2) is 55.1 Å². The largest absolute Gasteiger partial charge is 0.388 e. The first-order valence-corrected chi connectivity index (χ1v) is 10.4. The zero-order chi connectivity index (χ0) is 19.3. The van der Waals surface area contributed by atoms with Gasteiger partial charge in [0.25, 0.3) is 0 Å². The van der Waals surface area contributed by atoms with Gasteiger partial charge in [-0.05, 0) is 37.0 Å². The van der Waals surface area contributed by atoms with Crippen molar-refractivity contribution in [2.75, 3.05) is 50.5 Å². The molecule has 1 fully saturated rings. The van der Waals surface area contributed by atoms with Gasteiger partial charge in [0.05, 0.1) is 0 Å². The Labute approximate surface area is 168 Å². The molecule has 4 rings (SSSR count). The highest BCUT2D eigenvalue weighted by Gasteiger charge is 2.24. The van der Waals surface area contributed by atoms with Crippen LogP contribution in [-0.2, 0) is 13.0 Å². The van der Waals surface area contributed by atoms with E-state index in [0.717, 1.165) is 51.4 Å². The van der Waals surface area contributed by atoms with E-state index in [1.165, 1.54) is 29.1 Å². The highest BCUT2D eigenvalue weighted by Crippen LogP contribution is 2.31. The Kier molecular flexibility index (Phi) is 5.81. The lowest BCUT2D eigenvalue weighted by atomic mass is 10.0. The molecule has 2 aromatic rings. The van der Waals surface area contributed by atoms with Crippen LogP contribution in [0.4, 0.5) is 11.5 Å². The van der Waals surface area contributed by atoms with E-state index < -0.39 is 0 Å². The van der Waals surface area contributed by atoms with Crippen molar-refractivity contribution in [2.24, 2.45) is 0 Å². The van der Waals surface area contributed by atoms with E-state index in [2.05, 4.69) is 69.5 Å². The molecular weight excluding hydrogens is 346 g/mol. The summed E-state index contributed by atoms with van der Waals surface area (Å²) in [5.74, 6) is 2.39. The molecule has 148 valence electrons. The van der Waals surface area contributed by atoms with Gasteiger partial charge in [-0.2, -0.15) is 0 Å². The molecule has 5 heteroatoms. The zero-order valence-corrected chi connectivity index (χ0v) is 17.1. The average Bonchev–Trinajstić information content (AvgIpc) is 2.73. The van der Waals surface area contributed by atoms with Crippen LogP contribution in [0.15, 0.2) is 54.5 Å². The number of benzene rings is 1. The predicted molar refractivity (Wildman–Crippen MR) is 116 cm³/mol. The van der Waals surface area contributed by atoms with Crippen LogP contribution in [0.3, 0.4) is 0 Å². The van der Waals surface area contributed by atoms with E-state index in [-0.39, 0.29) is 0 Å². The third kappa shape index (κ3) is 3.99. The Morgan fingerprint density at radius 1 is 1.04 bits per heavy atom. The van der Waals surface area contributed by atoms with Crippen molar-refractivity contribution in [1.82, 2.24) is 14.8 Å². The summed E-state index contributed by atoms with van der Waals surface area (Å²) in [4.78, 5) is 12.1. The van der Waals surface area contributed by atoms with Crippen molar-refractivity contribution in [1.29, 1.82) is 0 Å². The van der Waals surface area contributed by atoms with E-state index >= 15 is 0 Å². The van der Waals surface area contributed by atoms with Crippen LogP contribution >= 0.6 is 0 Å². The highest BCUT2D eigenvalue weighted by atomic mass is 15.4. The van der Waals surface area contributed by atoms with Gasteiger partial charge in [0, 0.05) is 64.3 Å². The van der Waals surface area contributed by atoms with E-state index in [1.807, 2.05) is 13.2 Å². The molecule has 1 aromatic heterocycles. The van der Waals surface area contributed by atoms with Crippen molar-refractivity contribution in [3.8, 4) is 0 Å². The number of allylic oxidation sites excluding steroid dienone is 1. The number of pyridine rings is 1. The predicted octanol–water partition coefficient (Wildman–Crippen LogP) is 3.56. The number of nitrogens with one attached hydrogen (secondary N) is 1. The summed E-state index contributed by atoms with van der Waals surface area (Å²) in [7, 11) is 4.16. The number of aromatic nitrogens is 1. The quantitative estimate of drug-likeness (QED) is 0.881. The summed E-state index contributed by atoms with van der Waals surface area (Å²) >= 11 is 0. The molecule has 0 spiro atoms. The summed E-state index contributed by atoms with van der Waals surface area (Å²) in [6.45, 7) is 5.35. The molecule has 5 nitrogen and oxygen atoms in total. The second-order valence-electron chi connectivity index (χ2n) is 7.67. The first-order chi connectivity index (χ1) is 13.8. The molecule has 0 unspecified atom stereocenters. The molecule has 2 aliphatic rings. The lowest BCUT2D eigenvalue weighted by Crippen LogP contribution is -2.48. The topological polar surface area (TPSA) is 34.6 Å². The Bertz CT molecular complexity index is 809. The molecule has 0 bridgehead atoms. The lowest BCUT2D eigenvalue weighted by Gasteiger charge is -2.41.